The summed E-state index contributed by atoms with van der Waals surface area (Å²) in [6.07, 6.45) is 0.796. The van der Waals surface area contributed by atoms with Crippen molar-refractivity contribution in [2.75, 3.05) is 11.4 Å². The van der Waals surface area contributed by atoms with E-state index < -0.39 is 0 Å². The summed E-state index contributed by atoms with van der Waals surface area (Å²) in [6, 6.07) is 20.9. The maximum Gasteiger partial charge on any atom is 0.261 e. The number of anilines is 1. The molecule has 26 heavy (non-hydrogen) atoms. The standard InChI is InChI=1S/C21H18N2O2S/c24-20(22-14-15-7-3-1-4-8-15)19-13-17-18(26-19)11-12-23(17)21(25)16-9-5-2-6-10-16/h1-10,13H,11-12,14H2,(H,22,24). The number of hydrogen-bond acceptors (Lipinski definition) is 3. The van der Waals surface area contributed by atoms with E-state index in [-0.39, 0.29) is 11.8 Å². The molecule has 1 aliphatic rings. The number of amides is 2. The number of nitrogens with zero attached hydrogens (tertiary/aromatic N) is 1. The van der Waals surface area contributed by atoms with Gasteiger partial charge in [-0.15, -0.1) is 11.3 Å². The monoisotopic (exact) mass is 362 g/mol. The fourth-order valence-electron chi connectivity index (χ4n) is 3.09. The van der Waals surface area contributed by atoms with Crippen LogP contribution in [0, 0.1) is 0 Å². The SMILES string of the molecule is O=C(NCc1ccccc1)c1cc2c(s1)CCN2C(=O)c1ccccc1. The van der Waals surface area contributed by atoms with Crippen molar-refractivity contribution in [3.05, 3.63) is 87.6 Å². The van der Waals surface area contributed by atoms with Crippen molar-refractivity contribution in [3.63, 3.8) is 0 Å². The third-order valence-electron chi connectivity index (χ3n) is 4.43. The summed E-state index contributed by atoms with van der Waals surface area (Å²) < 4.78 is 0. The van der Waals surface area contributed by atoms with Gasteiger partial charge in [0.25, 0.3) is 11.8 Å². The number of fused-ring (bicyclic) bond motifs is 1. The minimum atomic E-state index is -0.0969. The van der Waals surface area contributed by atoms with Gasteiger partial charge >= 0.3 is 0 Å². The Kier molecular flexibility index (Phi) is 4.54. The first kappa shape index (κ1) is 16.5. The molecule has 1 aliphatic heterocycles. The molecule has 0 fully saturated rings. The smallest absolute Gasteiger partial charge is 0.261 e. The van der Waals surface area contributed by atoms with Gasteiger partial charge in [0.15, 0.2) is 0 Å². The maximum absolute atomic E-state index is 12.7. The Hall–Kier alpha value is -2.92. The highest BCUT2D eigenvalue weighted by Crippen LogP contribution is 2.36. The van der Waals surface area contributed by atoms with Crippen LogP contribution in [0.3, 0.4) is 0 Å². The van der Waals surface area contributed by atoms with Gasteiger partial charge in [-0.2, -0.15) is 0 Å². The van der Waals surface area contributed by atoms with Crippen LogP contribution in [0.1, 0.15) is 30.5 Å². The summed E-state index contributed by atoms with van der Waals surface area (Å²) >= 11 is 1.48. The largest absolute Gasteiger partial charge is 0.347 e. The van der Waals surface area contributed by atoms with Crippen molar-refractivity contribution in [2.45, 2.75) is 13.0 Å². The Bertz CT molecular complexity index is 935. The quantitative estimate of drug-likeness (QED) is 0.766. The molecule has 0 aliphatic carbocycles. The number of nitrogens with one attached hydrogen (secondary N) is 1. The second-order valence-corrected chi connectivity index (χ2v) is 7.30. The Balaban J connectivity index is 1.48. The highest BCUT2D eigenvalue weighted by Gasteiger charge is 2.29. The fourth-order valence-corrected chi connectivity index (χ4v) is 4.15. The van der Waals surface area contributed by atoms with Gasteiger partial charge in [0, 0.05) is 30.0 Å². The molecule has 2 heterocycles. The van der Waals surface area contributed by atoms with Crippen molar-refractivity contribution >= 4 is 28.8 Å². The van der Waals surface area contributed by atoms with Crippen molar-refractivity contribution < 1.29 is 9.59 Å². The third kappa shape index (κ3) is 3.26. The topological polar surface area (TPSA) is 49.4 Å². The minimum absolute atomic E-state index is 0.0154. The van der Waals surface area contributed by atoms with E-state index in [9.17, 15) is 9.59 Å². The van der Waals surface area contributed by atoms with Crippen LogP contribution in [-0.2, 0) is 13.0 Å². The van der Waals surface area contributed by atoms with E-state index in [1.54, 1.807) is 4.90 Å². The molecule has 1 N–H and O–H groups in total. The lowest BCUT2D eigenvalue weighted by Gasteiger charge is -2.16. The molecule has 2 aromatic carbocycles. The molecule has 1 aromatic heterocycles. The molecule has 4 nitrogen and oxygen atoms in total. The third-order valence-corrected chi connectivity index (χ3v) is 5.61. The summed E-state index contributed by atoms with van der Waals surface area (Å²) in [6.45, 7) is 1.16. The molecule has 0 bridgehead atoms. The fraction of sp³-hybridized carbons (Fsp3) is 0.143. The molecule has 4 rings (SSSR count). The van der Waals surface area contributed by atoms with Gasteiger partial charge in [0.05, 0.1) is 10.6 Å². The van der Waals surface area contributed by atoms with E-state index in [0.29, 0.717) is 23.5 Å². The molecule has 0 saturated carbocycles. The van der Waals surface area contributed by atoms with E-state index in [0.717, 1.165) is 22.5 Å². The van der Waals surface area contributed by atoms with Crippen molar-refractivity contribution in [3.8, 4) is 0 Å². The average molecular weight is 362 g/mol. The van der Waals surface area contributed by atoms with Gasteiger partial charge in [-0.05, 0) is 23.8 Å². The lowest BCUT2D eigenvalue weighted by atomic mass is 10.2. The zero-order chi connectivity index (χ0) is 17.9. The molecule has 0 unspecified atom stereocenters. The van der Waals surface area contributed by atoms with E-state index in [1.807, 2.05) is 66.7 Å². The molecule has 2 amide bonds. The van der Waals surface area contributed by atoms with Crippen LogP contribution in [0.5, 0.6) is 0 Å². The lowest BCUT2D eigenvalue weighted by Crippen LogP contribution is -2.29. The second-order valence-electron chi connectivity index (χ2n) is 6.16. The zero-order valence-electron chi connectivity index (χ0n) is 14.1. The lowest BCUT2D eigenvalue weighted by molar-refractivity contribution is 0.0952. The van der Waals surface area contributed by atoms with E-state index in [4.69, 9.17) is 0 Å². The van der Waals surface area contributed by atoms with Crippen LogP contribution >= 0.6 is 11.3 Å². The number of carbonyl (C=O) groups is 2. The summed E-state index contributed by atoms with van der Waals surface area (Å²) in [5.41, 5.74) is 2.60. The van der Waals surface area contributed by atoms with Crippen LogP contribution in [-0.4, -0.2) is 18.4 Å². The molecule has 0 spiro atoms. The Morgan fingerprint density at radius 1 is 1.00 bits per heavy atom. The zero-order valence-corrected chi connectivity index (χ0v) is 15.0. The molecule has 3 aromatic rings. The van der Waals surface area contributed by atoms with E-state index >= 15 is 0 Å². The Morgan fingerprint density at radius 3 is 2.42 bits per heavy atom. The normalized spacial score (nSPS) is 12.7. The number of carbonyl (C=O) groups excluding carboxylic acids is 2. The van der Waals surface area contributed by atoms with Crippen molar-refractivity contribution in [2.24, 2.45) is 0 Å². The number of hydrogen-bond donors (Lipinski definition) is 1. The molecule has 130 valence electrons. The number of rotatable bonds is 4. The Morgan fingerprint density at radius 2 is 1.69 bits per heavy atom. The van der Waals surface area contributed by atoms with Crippen LogP contribution in [0.4, 0.5) is 5.69 Å². The second kappa shape index (κ2) is 7.14. The predicted octanol–water partition coefficient (Wildman–Crippen LogP) is 3.88. The molecule has 0 radical (unpaired) electrons. The molecular formula is C21H18N2O2S. The predicted molar refractivity (Wildman–Crippen MR) is 104 cm³/mol. The van der Waals surface area contributed by atoms with Gasteiger partial charge in [0.1, 0.15) is 0 Å². The highest BCUT2D eigenvalue weighted by atomic mass is 32.1. The number of benzene rings is 2. The van der Waals surface area contributed by atoms with Gasteiger partial charge in [-0.3, -0.25) is 9.59 Å². The van der Waals surface area contributed by atoms with Crippen molar-refractivity contribution in [1.82, 2.24) is 5.32 Å². The van der Waals surface area contributed by atoms with E-state index in [2.05, 4.69) is 5.32 Å². The van der Waals surface area contributed by atoms with Crippen molar-refractivity contribution in [1.29, 1.82) is 0 Å². The number of thiophene rings is 1. The molecule has 0 atom stereocenters. The summed E-state index contributed by atoms with van der Waals surface area (Å²) in [7, 11) is 0. The molecule has 5 heteroatoms. The first-order chi connectivity index (χ1) is 12.7. The minimum Gasteiger partial charge on any atom is -0.347 e. The van der Waals surface area contributed by atoms with Crippen LogP contribution in [0.2, 0.25) is 0 Å². The molecular weight excluding hydrogens is 344 g/mol. The summed E-state index contributed by atoms with van der Waals surface area (Å²) in [5, 5.41) is 2.95. The molecule has 0 saturated heterocycles. The first-order valence-corrected chi connectivity index (χ1v) is 9.36. The maximum atomic E-state index is 12.7. The van der Waals surface area contributed by atoms with Gasteiger partial charge in [-0.25, -0.2) is 0 Å². The summed E-state index contributed by atoms with van der Waals surface area (Å²) in [4.78, 5) is 28.7. The summed E-state index contributed by atoms with van der Waals surface area (Å²) in [5.74, 6) is -0.112. The van der Waals surface area contributed by atoms with Crippen LogP contribution in [0.15, 0.2) is 66.7 Å². The van der Waals surface area contributed by atoms with Gasteiger partial charge in [0.2, 0.25) is 0 Å². The highest BCUT2D eigenvalue weighted by molar-refractivity contribution is 7.14. The average Bonchev–Trinajstić information content (AvgIpc) is 3.28. The van der Waals surface area contributed by atoms with Gasteiger partial charge < -0.3 is 10.2 Å². The first-order valence-electron chi connectivity index (χ1n) is 8.54. The van der Waals surface area contributed by atoms with Crippen LogP contribution < -0.4 is 10.2 Å². The van der Waals surface area contributed by atoms with Crippen LogP contribution in [0.25, 0.3) is 0 Å². The van der Waals surface area contributed by atoms with Gasteiger partial charge in [-0.1, -0.05) is 48.5 Å². The van der Waals surface area contributed by atoms with E-state index in [1.165, 1.54) is 11.3 Å². The Labute approximate surface area is 156 Å².